The molecule has 1 aliphatic carbocycles. The van der Waals surface area contributed by atoms with Crippen molar-refractivity contribution in [1.82, 2.24) is 5.32 Å². The quantitative estimate of drug-likeness (QED) is 0.401. The summed E-state index contributed by atoms with van der Waals surface area (Å²) < 4.78 is 10.4. The number of hydrogen-bond donors (Lipinski definition) is 1. The van der Waals surface area contributed by atoms with Crippen LogP contribution in [-0.2, 0) is 27.2 Å². The maximum Gasteiger partial charge on any atom is 0.329 e. The number of carbonyl (C=O) groups excluding carboxylic acids is 3. The second kappa shape index (κ2) is 10.1. The Bertz CT molecular complexity index is 993. The van der Waals surface area contributed by atoms with Crippen LogP contribution in [0.1, 0.15) is 47.3 Å². The molecule has 3 rings (SSSR count). The van der Waals surface area contributed by atoms with Crippen molar-refractivity contribution in [2.75, 3.05) is 7.11 Å². The lowest BCUT2D eigenvalue weighted by molar-refractivity contribution is -0.149. The Balaban J connectivity index is 1.51. The van der Waals surface area contributed by atoms with Crippen molar-refractivity contribution >= 4 is 23.7 Å². The van der Waals surface area contributed by atoms with E-state index < -0.39 is 24.0 Å². The van der Waals surface area contributed by atoms with Gasteiger partial charge in [-0.3, -0.25) is 9.59 Å². The Morgan fingerprint density at radius 3 is 2.42 bits per heavy atom. The summed E-state index contributed by atoms with van der Waals surface area (Å²) >= 11 is 0. The Kier molecular flexibility index (Phi) is 7.23. The fourth-order valence-electron chi connectivity index (χ4n) is 3.50. The van der Waals surface area contributed by atoms with E-state index in [1.54, 1.807) is 38.3 Å². The molecule has 2 aromatic rings. The summed E-state index contributed by atoms with van der Waals surface area (Å²) in [5.41, 5.74) is 3.83. The third-order valence-corrected chi connectivity index (χ3v) is 5.30. The maximum absolute atomic E-state index is 12.6. The molecule has 0 saturated heterocycles. The monoisotopic (exact) mass is 421 g/mol. The zero-order chi connectivity index (χ0) is 22.4. The van der Waals surface area contributed by atoms with E-state index in [-0.39, 0.29) is 5.78 Å². The lowest BCUT2D eigenvalue weighted by Crippen LogP contribution is -2.41. The molecular formula is C25H27NO5. The van der Waals surface area contributed by atoms with E-state index in [4.69, 9.17) is 9.47 Å². The molecule has 1 amide bonds. The highest BCUT2D eigenvalue weighted by Gasteiger charge is 2.24. The largest absolute Gasteiger partial charge is 0.497 e. The molecule has 31 heavy (non-hydrogen) atoms. The van der Waals surface area contributed by atoms with Gasteiger partial charge >= 0.3 is 5.97 Å². The zero-order valence-corrected chi connectivity index (χ0v) is 18.0. The van der Waals surface area contributed by atoms with Crippen molar-refractivity contribution in [3.8, 4) is 5.75 Å². The minimum atomic E-state index is -0.929. The van der Waals surface area contributed by atoms with Crippen LogP contribution in [0.15, 0.2) is 48.5 Å². The van der Waals surface area contributed by atoms with E-state index in [0.717, 1.165) is 30.6 Å². The molecule has 0 saturated carbocycles. The third-order valence-electron chi connectivity index (χ3n) is 5.30. The number of carbonyl (C=O) groups is 3. The number of hydrogen-bond acceptors (Lipinski definition) is 5. The molecule has 2 atom stereocenters. The molecule has 0 aromatic heterocycles. The third kappa shape index (κ3) is 5.81. The number of amides is 1. The maximum atomic E-state index is 12.6. The number of methoxy groups -OCH3 is 1. The molecule has 1 N–H and O–H groups in total. The van der Waals surface area contributed by atoms with Crippen molar-refractivity contribution in [2.45, 2.75) is 45.3 Å². The number of aryl methyl sites for hydroxylation is 2. The predicted octanol–water partition coefficient (Wildman–Crippen LogP) is 3.52. The Labute approximate surface area is 182 Å². The Hall–Kier alpha value is -3.41. The Morgan fingerprint density at radius 1 is 1.00 bits per heavy atom. The van der Waals surface area contributed by atoms with E-state index in [9.17, 15) is 14.4 Å². The van der Waals surface area contributed by atoms with Crippen LogP contribution < -0.4 is 10.1 Å². The van der Waals surface area contributed by atoms with Crippen LogP contribution in [0.3, 0.4) is 0 Å². The fourth-order valence-corrected chi connectivity index (χ4v) is 3.50. The summed E-state index contributed by atoms with van der Waals surface area (Å²) in [6.45, 7) is 3.07. The molecule has 6 heteroatoms. The SMILES string of the molecule is COc1ccc(/C=C/C(=O)N[C@@H](C)C(=O)O[C@@H](C)C(=O)c2ccc3c(c2)CCC3)cc1. The number of esters is 1. The summed E-state index contributed by atoms with van der Waals surface area (Å²) in [7, 11) is 1.58. The van der Waals surface area contributed by atoms with Crippen molar-refractivity contribution in [3.63, 3.8) is 0 Å². The number of benzene rings is 2. The topological polar surface area (TPSA) is 81.7 Å². The van der Waals surface area contributed by atoms with Crippen LogP contribution in [-0.4, -0.2) is 36.9 Å². The predicted molar refractivity (Wildman–Crippen MR) is 118 cm³/mol. The summed E-state index contributed by atoms with van der Waals surface area (Å²) in [6, 6.07) is 12.0. The van der Waals surface area contributed by atoms with E-state index in [0.29, 0.717) is 5.56 Å². The van der Waals surface area contributed by atoms with Gasteiger partial charge in [-0.25, -0.2) is 4.79 Å². The summed E-state index contributed by atoms with van der Waals surface area (Å²) in [5.74, 6) is -0.617. The van der Waals surface area contributed by atoms with Gasteiger partial charge in [0.05, 0.1) is 7.11 Å². The number of nitrogens with one attached hydrogen (secondary N) is 1. The summed E-state index contributed by atoms with van der Waals surface area (Å²) in [4.78, 5) is 37.1. The number of rotatable bonds is 8. The first-order valence-corrected chi connectivity index (χ1v) is 10.4. The molecule has 2 aromatic carbocycles. The van der Waals surface area contributed by atoms with Crippen LogP contribution >= 0.6 is 0 Å². The van der Waals surface area contributed by atoms with Gasteiger partial charge in [0.15, 0.2) is 6.10 Å². The molecule has 6 nitrogen and oxygen atoms in total. The number of Topliss-reactive ketones (excluding diaryl/α,β-unsaturated/α-hetero) is 1. The van der Waals surface area contributed by atoms with Gasteiger partial charge in [-0.05, 0) is 74.1 Å². The van der Waals surface area contributed by atoms with E-state index in [1.165, 1.54) is 24.1 Å². The van der Waals surface area contributed by atoms with E-state index >= 15 is 0 Å². The summed E-state index contributed by atoms with van der Waals surface area (Å²) in [6.07, 6.45) is 5.15. The first-order chi connectivity index (χ1) is 14.9. The smallest absolute Gasteiger partial charge is 0.329 e. The first-order valence-electron chi connectivity index (χ1n) is 10.4. The van der Waals surface area contributed by atoms with Gasteiger partial charge in [0, 0.05) is 11.6 Å². The molecular weight excluding hydrogens is 394 g/mol. The first kappa shape index (κ1) is 22.3. The molecule has 1 aliphatic rings. The number of fused-ring (bicyclic) bond motifs is 1. The van der Waals surface area contributed by atoms with Crippen molar-refractivity contribution in [3.05, 3.63) is 70.8 Å². The van der Waals surface area contributed by atoms with Crippen LogP contribution in [0.25, 0.3) is 6.08 Å². The van der Waals surface area contributed by atoms with E-state index in [2.05, 4.69) is 5.32 Å². The zero-order valence-electron chi connectivity index (χ0n) is 18.0. The lowest BCUT2D eigenvalue weighted by Gasteiger charge is -2.17. The van der Waals surface area contributed by atoms with Crippen molar-refractivity contribution in [2.24, 2.45) is 0 Å². The second-order valence-corrected chi connectivity index (χ2v) is 7.62. The van der Waals surface area contributed by atoms with Crippen molar-refractivity contribution in [1.29, 1.82) is 0 Å². The number of ether oxygens (including phenoxy) is 2. The number of ketones is 1. The van der Waals surface area contributed by atoms with Gasteiger partial charge in [0.1, 0.15) is 11.8 Å². The highest BCUT2D eigenvalue weighted by atomic mass is 16.5. The molecule has 0 spiro atoms. The second-order valence-electron chi connectivity index (χ2n) is 7.62. The molecule has 0 heterocycles. The van der Waals surface area contributed by atoms with Gasteiger partial charge in [0.25, 0.3) is 0 Å². The van der Waals surface area contributed by atoms with Crippen LogP contribution in [0.2, 0.25) is 0 Å². The molecule has 162 valence electrons. The van der Waals surface area contributed by atoms with Gasteiger partial charge < -0.3 is 14.8 Å². The normalized spacial score (nSPS) is 14.5. The van der Waals surface area contributed by atoms with Crippen LogP contribution in [0.4, 0.5) is 0 Å². The van der Waals surface area contributed by atoms with Crippen LogP contribution in [0, 0.1) is 0 Å². The molecule has 0 fully saturated rings. The average Bonchev–Trinajstić information content (AvgIpc) is 3.25. The van der Waals surface area contributed by atoms with Gasteiger partial charge in [-0.2, -0.15) is 0 Å². The molecule has 0 radical (unpaired) electrons. The molecule has 0 unspecified atom stereocenters. The molecule has 0 aliphatic heterocycles. The van der Waals surface area contributed by atoms with Gasteiger partial charge in [-0.1, -0.05) is 24.3 Å². The Morgan fingerprint density at radius 2 is 1.71 bits per heavy atom. The highest BCUT2D eigenvalue weighted by Crippen LogP contribution is 2.23. The highest BCUT2D eigenvalue weighted by molar-refractivity contribution is 6.01. The van der Waals surface area contributed by atoms with Gasteiger partial charge in [-0.15, -0.1) is 0 Å². The standard InChI is InChI=1S/C25H27NO5/c1-16(26-23(27)14-9-18-7-12-22(30-3)13-8-18)25(29)31-17(2)24(28)21-11-10-19-5-4-6-20(19)15-21/h7-17H,4-6H2,1-3H3,(H,26,27)/b14-9+/t16-,17-/m0/s1. The minimum absolute atomic E-state index is 0.249. The lowest BCUT2D eigenvalue weighted by atomic mass is 10.0. The van der Waals surface area contributed by atoms with Gasteiger partial charge in [0.2, 0.25) is 11.7 Å². The summed E-state index contributed by atoms with van der Waals surface area (Å²) in [5, 5.41) is 2.55. The fraction of sp³-hybridized carbons (Fsp3) is 0.320. The average molecular weight is 421 g/mol. The van der Waals surface area contributed by atoms with Crippen LogP contribution in [0.5, 0.6) is 5.75 Å². The molecule has 0 bridgehead atoms. The minimum Gasteiger partial charge on any atom is -0.497 e. The van der Waals surface area contributed by atoms with E-state index in [1.807, 2.05) is 24.3 Å². The van der Waals surface area contributed by atoms with Crippen molar-refractivity contribution < 1.29 is 23.9 Å².